The third-order valence-corrected chi connectivity index (χ3v) is 4.19. The number of carbonyl (C=O) groups excluding carboxylic acids is 1. The molecule has 6 nitrogen and oxygen atoms in total. The molecule has 0 atom stereocenters. The van der Waals surface area contributed by atoms with E-state index in [2.05, 4.69) is 15.4 Å². The van der Waals surface area contributed by atoms with Crippen molar-refractivity contribution in [2.45, 2.75) is 32.7 Å². The maximum Gasteiger partial charge on any atom is 0.259 e. The highest BCUT2D eigenvalue weighted by molar-refractivity contribution is 5.99. The molecule has 1 aliphatic rings. The number of piperidine rings is 1. The minimum absolute atomic E-state index is 0.00870. The fourth-order valence-electron chi connectivity index (χ4n) is 2.97. The van der Waals surface area contributed by atoms with Crippen molar-refractivity contribution in [3.63, 3.8) is 0 Å². The first-order valence-corrected chi connectivity index (χ1v) is 7.38. The molecule has 2 aromatic heterocycles. The number of carbonyl (C=O) groups is 1. The normalized spacial score (nSPS) is 16.3. The highest BCUT2D eigenvalue weighted by Crippen LogP contribution is 2.17. The van der Waals surface area contributed by atoms with Crippen molar-refractivity contribution in [2.75, 3.05) is 20.1 Å². The SMILES string of the molecule is Cc1cc(C)n2ncc(C(=O)N(C)C3CCNCC3)c2n1. The summed E-state index contributed by atoms with van der Waals surface area (Å²) >= 11 is 0. The number of nitrogens with one attached hydrogen (secondary N) is 1. The van der Waals surface area contributed by atoms with Crippen molar-refractivity contribution < 1.29 is 4.79 Å². The number of nitrogens with zero attached hydrogens (tertiary/aromatic N) is 4. The standard InChI is InChI=1S/C15H21N5O/c1-10-8-11(2)20-14(18-10)13(9-17-20)15(21)19(3)12-4-6-16-7-5-12/h8-9,12,16H,4-7H2,1-3H3. The Balaban J connectivity index is 1.94. The highest BCUT2D eigenvalue weighted by Gasteiger charge is 2.25. The zero-order valence-corrected chi connectivity index (χ0v) is 12.8. The van der Waals surface area contributed by atoms with Gasteiger partial charge in [-0.3, -0.25) is 4.79 Å². The molecule has 1 saturated heterocycles. The summed E-state index contributed by atoms with van der Waals surface area (Å²) in [7, 11) is 1.88. The van der Waals surface area contributed by atoms with E-state index in [1.165, 1.54) is 0 Å². The molecule has 0 aromatic carbocycles. The van der Waals surface area contributed by atoms with Gasteiger partial charge in [-0.1, -0.05) is 0 Å². The van der Waals surface area contributed by atoms with Crippen LogP contribution in [0.4, 0.5) is 0 Å². The molecule has 112 valence electrons. The Hall–Kier alpha value is -1.95. The summed E-state index contributed by atoms with van der Waals surface area (Å²) in [5, 5.41) is 7.62. The molecule has 1 amide bonds. The summed E-state index contributed by atoms with van der Waals surface area (Å²) < 4.78 is 1.73. The van der Waals surface area contributed by atoms with Crippen LogP contribution in [-0.4, -0.2) is 51.6 Å². The molecule has 0 aliphatic carbocycles. The minimum Gasteiger partial charge on any atom is -0.338 e. The maximum absolute atomic E-state index is 12.8. The van der Waals surface area contributed by atoms with Gasteiger partial charge in [-0.2, -0.15) is 5.10 Å². The van der Waals surface area contributed by atoms with Gasteiger partial charge in [0.1, 0.15) is 5.56 Å². The van der Waals surface area contributed by atoms with Crippen LogP contribution in [-0.2, 0) is 0 Å². The molecule has 21 heavy (non-hydrogen) atoms. The number of aromatic nitrogens is 3. The lowest BCUT2D eigenvalue weighted by Gasteiger charge is -2.31. The van der Waals surface area contributed by atoms with Crippen molar-refractivity contribution in [3.05, 3.63) is 29.2 Å². The average Bonchev–Trinajstić information content (AvgIpc) is 2.90. The molecule has 0 bridgehead atoms. The fourth-order valence-corrected chi connectivity index (χ4v) is 2.97. The Morgan fingerprint density at radius 3 is 2.81 bits per heavy atom. The van der Waals surface area contributed by atoms with Crippen LogP contribution in [0, 0.1) is 13.8 Å². The number of fused-ring (bicyclic) bond motifs is 1. The van der Waals surface area contributed by atoms with Gasteiger partial charge >= 0.3 is 0 Å². The molecule has 3 heterocycles. The second-order valence-electron chi connectivity index (χ2n) is 5.73. The first-order chi connectivity index (χ1) is 10.1. The monoisotopic (exact) mass is 287 g/mol. The van der Waals surface area contributed by atoms with Crippen molar-refractivity contribution >= 4 is 11.6 Å². The molecule has 0 unspecified atom stereocenters. The Morgan fingerprint density at radius 2 is 2.10 bits per heavy atom. The quantitative estimate of drug-likeness (QED) is 0.900. The van der Waals surface area contributed by atoms with Crippen molar-refractivity contribution in [2.24, 2.45) is 0 Å². The number of amides is 1. The maximum atomic E-state index is 12.8. The molecule has 0 spiro atoms. The molecule has 0 radical (unpaired) electrons. The lowest BCUT2D eigenvalue weighted by Crippen LogP contribution is -2.43. The highest BCUT2D eigenvalue weighted by atomic mass is 16.2. The second-order valence-corrected chi connectivity index (χ2v) is 5.73. The van der Waals surface area contributed by atoms with E-state index in [4.69, 9.17) is 0 Å². The van der Waals surface area contributed by atoms with E-state index in [-0.39, 0.29) is 5.91 Å². The van der Waals surface area contributed by atoms with Gasteiger partial charge in [0, 0.05) is 24.5 Å². The predicted molar refractivity (Wildman–Crippen MR) is 80.4 cm³/mol. The van der Waals surface area contributed by atoms with E-state index in [1.807, 2.05) is 31.9 Å². The smallest absolute Gasteiger partial charge is 0.259 e. The lowest BCUT2D eigenvalue weighted by atomic mass is 10.0. The number of hydrogen-bond donors (Lipinski definition) is 1. The summed E-state index contributed by atoms with van der Waals surface area (Å²) in [6.07, 6.45) is 3.62. The Morgan fingerprint density at radius 1 is 1.38 bits per heavy atom. The summed E-state index contributed by atoms with van der Waals surface area (Å²) in [6.45, 7) is 5.84. The van der Waals surface area contributed by atoms with Gasteiger partial charge in [0.25, 0.3) is 5.91 Å². The van der Waals surface area contributed by atoms with Crippen LogP contribution < -0.4 is 5.32 Å². The first kappa shape index (κ1) is 14.0. The topological polar surface area (TPSA) is 62.5 Å². The van der Waals surface area contributed by atoms with E-state index in [1.54, 1.807) is 10.7 Å². The first-order valence-electron chi connectivity index (χ1n) is 7.38. The second kappa shape index (κ2) is 5.44. The van der Waals surface area contributed by atoms with Crippen molar-refractivity contribution in [3.8, 4) is 0 Å². The Kier molecular flexibility index (Phi) is 3.63. The summed E-state index contributed by atoms with van der Waals surface area (Å²) in [5.74, 6) is 0.00870. The van der Waals surface area contributed by atoms with Gasteiger partial charge in [-0.15, -0.1) is 0 Å². The van der Waals surface area contributed by atoms with Gasteiger partial charge in [0.15, 0.2) is 5.65 Å². The molecule has 1 fully saturated rings. The van der Waals surface area contributed by atoms with Crippen LogP contribution in [0.1, 0.15) is 34.6 Å². The number of hydrogen-bond acceptors (Lipinski definition) is 4. The fraction of sp³-hybridized carbons (Fsp3) is 0.533. The van der Waals surface area contributed by atoms with E-state index in [0.717, 1.165) is 37.3 Å². The van der Waals surface area contributed by atoms with E-state index < -0.39 is 0 Å². The zero-order valence-electron chi connectivity index (χ0n) is 12.8. The third-order valence-electron chi connectivity index (χ3n) is 4.19. The molecule has 6 heteroatoms. The van der Waals surface area contributed by atoms with Crippen molar-refractivity contribution in [1.29, 1.82) is 0 Å². The summed E-state index contributed by atoms with van der Waals surface area (Å²) in [6, 6.07) is 2.25. The number of rotatable bonds is 2. The van der Waals surface area contributed by atoms with Crippen LogP contribution in [0.5, 0.6) is 0 Å². The zero-order chi connectivity index (χ0) is 15.0. The number of aryl methyl sites for hydroxylation is 2. The van der Waals surface area contributed by atoms with E-state index in [9.17, 15) is 4.79 Å². The molecule has 1 N–H and O–H groups in total. The van der Waals surface area contributed by atoms with Crippen LogP contribution in [0.15, 0.2) is 12.3 Å². The molecule has 2 aromatic rings. The van der Waals surface area contributed by atoms with Crippen LogP contribution in [0.25, 0.3) is 5.65 Å². The molecule has 1 aliphatic heterocycles. The molecule has 0 saturated carbocycles. The molecule has 3 rings (SSSR count). The van der Waals surface area contributed by atoms with Crippen LogP contribution >= 0.6 is 0 Å². The Labute approximate surface area is 124 Å². The van der Waals surface area contributed by atoms with Gasteiger partial charge in [0.05, 0.1) is 6.20 Å². The van der Waals surface area contributed by atoms with Gasteiger partial charge < -0.3 is 10.2 Å². The van der Waals surface area contributed by atoms with Crippen LogP contribution in [0.2, 0.25) is 0 Å². The van der Waals surface area contributed by atoms with Gasteiger partial charge in [-0.05, 0) is 45.8 Å². The van der Waals surface area contributed by atoms with E-state index >= 15 is 0 Å². The van der Waals surface area contributed by atoms with Crippen molar-refractivity contribution in [1.82, 2.24) is 24.8 Å². The summed E-state index contributed by atoms with van der Waals surface area (Å²) in [4.78, 5) is 19.1. The van der Waals surface area contributed by atoms with E-state index in [0.29, 0.717) is 17.3 Å². The average molecular weight is 287 g/mol. The van der Waals surface area contributed by atoms with Gasteiger partial charge in [-0.25, -0.2) is 9.50 Å². The lowest BCUT2D eigenvalue weighted by molar-refractivity contribution is 0.0705. The predicted octanol–water partition coefficient (Wildman–Crippen LogP) is 1.17. The Bertz CT molecular complexity index is 672. The molecular weight excluding hydrogens is 266 g/mol. The molecular formula is C15H21N5O. The van der Waals surface area contributed by atoms with Gasteiger partial charge in [0.2, 0.25) is 0 Å². The van der Waals surface area contributed by atoms with Crippen LogP contribution in [0.3, 0.4) is 0 Å². The minimum atomic E-state index is 0.00870. The summed E-state index contributed by atoms with van der Waals surface area (Å²) in [5.41, 5.74) is 3.13. The largest absolute Gasteiger partial charge is 0.338 e. The third kappa shape index (κ3) is 2.51.